The predicted octanol–water partition coefficient (Wildman–Crippen LogP) is 3.01. The van der Waals surface area contributed by atoms with Crippen molar-refractivity contribution in [1.82, 2.24) is 5.32 Å². The van der Waals surface area contributed by atoms with Gasteiger partial charge in [0.25, 0.3) is 0 Å². The van der Waals surface area contributed by atoms with E-state index in [1.54, 1.807) is 45.0 Å². The highest BCUT2D eigenvalue weighted by Crippen LogP contribution is 2.25. The van der Waals surface area contributed by atoms with Crippen molar-refractivity contribution < 1.29 is 24.2 Å². The second-order valence-corrected chi connectivity index (χ2v) is 6.00. The van der Waals surface area contributed by atoms with Crippen LogP contribution in [0.15, 0.2) is 24.3 Å². The lowest BCUT2D eigenvalue weighted by atomic mass is 10.1. The van der Waals surface area contributed by atoms with Crippen molar-refractivity contribution in [3.8, 4) is 0 Å². The largest absolute Gasteiger partial charge is 0.480 e. The molecule has 0 saturated carbocycles. The van der Waals surface area contributed by atoms with E-state index in [-0.39, 0.29) is 6.54 Å². The van der Waals surface area contributed by atoms with Crippen LogP contribution in [0.2, 0.25) is 5.02 Å². The summed E-state index contributed by atoms with van der Waals surface area (Å²) in [5.41, 5.74) is -0.0206. The SMILES string of the molecule is CC(C)(C)OC(=O)NCC(OCC(=O)O)c1ccccc1Cl. The number of hydrogen-bond donors (Lipinski definition) is 2. The van der Waals surface area contributed by atoms with Gasteiger partial charge in [-0.25, -0.2) is 9.59 Å². The molecule has 1 amide bonds. The molecule has 1 unspecified atom stereocenters. The maximum Gasteiger partial charge on any atom is 0.407 e. The molecule has 0 radical (unpaired) electrons. The zero-order valence-corrected chi connectivity index (χ0v) is 13.5. The fourth-order valence-corrected chi connectivity index (χ4v) is 1.91. The van der Waals surface area contributed by atoms with E-state index < -0.39 is 30.4 Å². The molecule has 7 heteroatoms. The fourth-order valence-electron chi connectivity index (χ4n) is 1.66. The van der Waals surface area contributed by atoms with E-state index in [1.165, 1.54) is 0 Å². The van der Waals surface area contributed by atoms with E-state index in [1.807, 2.05) is 0 Å². The Morgan fingerprint density at radius 3 is 2.50 bits per heavy atom. The van der Waals surface area contributed by atoms with Gasteiger partial charge < -0.3 is 19.9 Å². The van der Waals surface area contributed by atoms with Crippen LogP contribution < -0.4 is 5.32 Å². The normalized spacial score (nSPS) is 12.5. The maximum absolute atomic E-state index is 11.7. The number of rotatable bonds is 6. The smallest absolute Gasteiger partial charge is 0.407 e. The van der Waals surface area contributed by atoms with Gasteiger partial charge in [-0.3, -0.25) is 0 Å². The van der Waals surface area contributed by atoms with Crippen LogP contribution in [0, 0.1) is 0 Å². The van der Waals surface area contributed by atoms with Gasteiger partial charge in [-0.15, -0.1) is 0 Å². The third-order valence-corrected chi connectivity index (χ3v) is 2.83. The van der Waals surface area contributed by atoms with Gasteiger partial charge in [-0.2, -0.15) is 0 Å². The number of alkyl carbamates (subject to hydrolysis) is 1. The van der Waals surface area contributed by atoms with E-state index in [2.05, 4.69) is 5.32 Å². The lowest BCUT2D eigenvalue weighted by molar-refractivity contribution is -0.144. The molecule has 0 bridgehead atoms. The van der Waals surface area contributed by atoms with Crippen LogP contribution in [0.4, 0.5) is 4.79 Å². The summed E-state index contributed by atoms with van der Waals surface area (Å²) in [5, 5.41) is 11.7. The Hall–Kier alpha value is -1.79. The van der Waals surface area contributed by atoms with E-state index in [0.29, 0.717) is 10.6 Å². The number of amides is 1. The highest BCUT2D eigenvalue weighted by molar-refractivity contribution is 6.31. The van der Waals surface area contributed by atoms with E-state index in [0.717, 1.165) is 0 Å². The van der Waals surface area contributed by atoms with Gasteiger partial charge in [0.05, 0.1) is 6.54 Å². The van der Waals surface area contributed by atoms with Crippen LogP contribution in [0.1, 0.15) is 32.4 Å². The molecule has 1 aromatic rings. The summed E-state index contributed by atoms with van der Waals surface area (Å²) in [6, 6.07) is 6.89. The van der Waals surface area contributed by atoms with Crippen molar-refractivity contribution in [1.29, 1.82) is 0 Å². The molecule has 0 fully saturated rings. The van der Waals surface area contributed by atoms with Crippen LogP contribution in [0.25, 0.3) is 0 Å². The first-order valence-electron chi connectivity index (χ1n) is 6.73. The topological polar surface area (TPSA) is 84.9 Å². The Bertz CT molecular complexity index is 527. The number of carboxylic acids is 1. The highest BCUT2D eigenvalue weighted by Gasteiger charge is 2.20. The maximum atomic E-state index is 11.7. The lowest BCUT2D eigenvalue weighted by Crippen LogP contribution is -2.35. The minimum atomic E-state index is -1.10. The Morgan fingerprint density at radius 2 is 1.95 bits per heavy atom. The monoisotopic (exact) mass is 329 g/mol. The van der Waals surface area contributed by atoms with Crippen molar-refractivity contribution in [2.75, 3.05) is 13.2 Å². The molecular weight excluding hydrogens is 310 g/mol. The van der Waals surface area contributed by atoms with Crippen molar-refractivity contribution in [2.24, 2.45) is 0 Å². The molecule has 0 heterocycles. The van der Waals surface area contributed by atoms with Gasteiger partial charge >= 0.3 is 12.1 Å². The summed E-state index contributed by atoms with van der Waals surface area (Å²) in [6.07, 6.45) is -1.29. The Kier molecular flexibility index (Phi) is 6.64. The van der Waals surface area contributed by atoms with Crippen LogP contribution in [-0.4, -0.2) is 35.9 Å². The number of aliphatic carboxylic acids is 1. The van der Waals surface area contributed by atoms with Crippen LogP contribution in [-0.2, 0) is 14.3 Å². The van der Waals surface area contributed by atoms with Gasteiger partial charge in [0.2, 0.25) is 0 Å². The highest BCUT2D eigenvalue weighted by atomic mass is 35.5. The molecule has 1 rings (SSSR count). The third kappa shape index (κ3) is 6.78. The molecule has 0 spiro atoms. The molecule has 2 N–H and O–H groups in total. The molecule has 0 aliphatic heterocycles. The molecule has 122 valence electrons. The van der Waals surface area contributed by atoms with E-state index in [4.69, 9.17) is 26.2 Å². The first-order chi connectivity index (χ1) is 10.2. The number of nitrogens with one attached hydrogen (secondary N) is 1. The number of carbonyl (C=O) groups is 2. The van der Waals surface area contributed by atoms with Crippen molar-refractivity contribution in [3.63, 3.8) is 0 Å². The summed E-state index contributed by atoms with van der Waals surface area (Å²) in [7, 11) is 0. The summed E-state index contributed by atoms with van der Waals surface area (Å²) in [5.74, 6) is -1.10. The quantitative estimate of drug-likeness (QED) is 0.838. The average Bonchev–Trinajstić information content (AvgIpc) is 2.38. The van der Waals surface area contributed by atoms with Crippen molar-refractivity contribution in [2.45, 2.75) is 32.5 Å². The molecule has 0 aliphatic carbocycles. The Labute approximate surface area is 134 Å². The second kappa shape index (κ2) is 8.00. The minimum Gasteiger partial charge on any atom is -0.480 e. The van der Waals surface area contributed by atoms with E-state index >= 15 is 0 Å². The third-order valence-electron chi connectivity index (χ3n) is 2.49. The van der Waals surface area contributed by atoms with Crippen molar-refractivity contribution in [3.05, 3.63) is 34.9 Å². The molecule has 6 nitrogen and oxygen atoms in total. The summed E-state index contributed by atoms with van der Waals surface area (Å²) in [4.78, 5) is 22.4. The van der Waals surface area contributed by atoms with Gasteiger partial charge in [0.15, 0.2) is 0 Å². The molecule has 1 atom stereocenters. The van der Waals surface area contributed by atoms with Crippen LogP contribution in [0.5, 0.6) is 0 Å². The zero-order valence-electron chi connectivity index (χ0n) is 12.8. The lowest BCUT2D eigenvalue weighted by Gasteiger charge is -2.22. The molecule has 0 aliphatic rings. The first-order valence-corrected chi connectivity index (χ1v) is 7.11. The summed E-state index contributed by atoms with van der Waals surface area (Å²) < 4.78 is 10.4. The first kappa shape index (κ1) is 18.3. The molecule has 0 aromatic heterocycles. The fraction of sp³-hybridized carbons (Fsp3) is 0.467. The van der Waals surface area contributed by atoms with Gasteiger partial charge in [-0.1, -0.05) is 29.8 Å². The van der Waals surface area contributed by atoms with Gasteiger partial charge in [-0.05, 0) is 26.8 Å². The molecule has 1 aromatic carbocycles. The molecule has 22 heavy (non-hydrogen) atoms. The summed E-state index contributed by atoms with van der Waals surface area (Å²) >= 11 is 6.08. The number of carbonyl (C=O) groups excluding carboxylic acids is 1. The number of carboxylic acid groups (broad SMARTS) is 1. The number of halogens is 1. The number of benzene rings is 1. The Morgan fingerprint density at radius 1 is 1.32 bits per heavy atom. The predicted molar refractivity (Wildman–Crippen MR) is 82.0 cm³/mol. The van der Waals surface area contributed by atoms with Gasteiger partial charge in [0.1, 0.15) is 18.3 Å². The number of ether oxygens (including phenoxy) is 2. The zero-order chi connectivity index (χ0) is 16.8. The van der Waals surface area contributed by atoms with Crippen LogP contribution in [0.3, 0.4) is 0 Å². The van der Waals surface area contributed by atoms with Crippen molar-refractivity contribution >= 4 is 23.7 Å². The molecule has 0 saturated heterocycles. The minimum absolute atomic E-state index is 0.0475. The Balaban J connectivity index is 2.73. The van der Waals surface area contributed by atoms with Gasteiger partial charge in [0, 0.05) is 10.6 Å². The van der Waals surface area contributed by atoms with Crippen LogP contribution >= 0.6 is 11.6 Å². The summed E-state index contributed by atoms with van der Waals surface area (Å²) in [6.45, 7) is 4.80. The molecular formula is C15H20ClNO5. The standard InChI is InChI=1S/C15H20ClNO5/c1-15(2,3)22-14(20)17-8-12(21-9-13(18)19)10-6-4-5-7-11(10)16/h4-7,12H,8-9H2,1-3H3,(H,17,20)(H,18,19). The number of hydrogen-bond acceptors (Lipinski definition) is 4. The average molecular weight is 330 g/mol. The van der Waals surface area contributed by atoms with E-state index in [9.17, 15) is 9.59 Å². The second-order valence-electron chi connectivity index (χ2n) is 5.60.